The van der Waals surface area contributed by atoms with Crippen molar-refractivity contribution >= 4 is 5.91 Å². The molecule has 0 unspecified atom stereocenters. The van der Waals surface area contributed by atoms with Crippen LogP contribution in [0.15, 0.2) is 24.3 Å². The summed E-state index contributed by atoms with van der Waals surface area (Å²) in [7, 11) is 1.64. The van der Waals surface area contributed by atoms with E-state index in [1.54, 1.807) is 7.11 Å². The Kier molecular flexibility index (Phi) is 4.20. The third-order valence-electron chi connectivity index (χ3n) is 3.10. The number of carbonyl (C=O) groups excluding carboxylic acids is 1. The van der Waals surface area contributed by atoms with E-state index in [1.807, 2.05) is 31.2 Å². The molecular formula is C14H20N2O2. The Morgan fingerprint density at radius 3 is 2.94 bits per heavy atom. The van der Waals surface area contributed by atoms with E-state index in [0.29, 0.717) is 12.6 Å². The van der Waals surface area contributed by atoms with Crippen molar-refractivity contribution in [3.05, 3.63) is 29.8 Å². The molecule has 1 aliphatic rings. The second-order valence-corrected chi connectivity index (χ2v) is 4.72. The van der Waals surface area contributed by atoms with Crippen molar-refractivity contribution in [3.8, 4) is 5.75 Å². The Morgan fingerprint density at radius 1 is 1.50 bits per heavy atom. The Hall–Kier alpha value is -1.55. The lowest BCUT2D eigenvalue weighted by molar-refractivity contribution is -0.120. The van der Waals surface area contributed by atoms with Crippen molar-refractivity contribution < 1.29 is 9.53 Å². The number of methoxy groups -OCH3 is 1. The lowest BCUT2D eigenvalue weighted by Crippen LogP contribution is -2.36. The van der Waals surface area contributed by atoms with E-state index >= 15 is 0 Å². The number of hydrogen-bond donors (Lipinski definition) is 2. The highest BCUT2D eigenvalue weighted by molar-refractivity contribution is 5.78. The minimum Gasteiger partial charge on any atom is -0.497 e. The maximum atomic E-state index is 11.7. The van der Waals surface area contributed by atoms with Gasteiger partial charge in [-0.2, -0.15) is 0 Å². The van der Waals surface area contributed by atoms with Gasteiger partial charge in [-0.15, -0.1) is 0 Å². The van der Waals surface area contributed by atoms with Crippen LogP contribution in [0.1, 0.15) is 31.4 Å². The molecule has 1 fully saturated rings. The summed E-state index contributed by atoms with van der Waals surface area (Å²) in [5, 5.41) is 6.17. The van der Waals surface area contributed by atoms with Gasteiger partial charge in [-0.1, -0.05) is 12.1 Å². The minimum atomic E-state index is -0.00592. The first-order chi connectivity index (χ1) is 8.69. The van der Waals surface area contributed by atoms with Crippen molar-refractivity contribution in [1.82, 2.24) is 10.6 Å². The Balaban J connectivity index is 1.84. The number of hydrogen-bond acceptors (Lipinski definition) is 3. The summed E-state index contributed by atoms with van der Waals surface area (Å²) in [6.07, 6.45) is 2.39. The van der Waals surface area contributed by atoms with Gasteiger partial charge < -0.3 is 15.4 Å². The maximum Gasteiger partial charge on any atom is 0.234 e. The zero-order chi connectivity index (χ0) is 13.0. The molecule has 0 spiro atoms. The Morgan fingerprint density at radius 2 is 2.28 bits per heavy atom. The van der Waals surface area contributed by atoms with Gasteiger partial charge in [0.2, 0.25) is 5.91 Å². The molecule has 98 valence electrons. The molecule has 2 rings (SSSR count). The largest absolute Gasteiger partial charge is 0.497 e. The van der Waals surface area contributed by atoms with Gasteiger partial charge in [-0.25, -0.2) is 0 Å². The van der Waals surface area contributed by atoms with Crippen LogP contribution in [0.4, 0.5) is 0 Å². The molecule has 0 aromatic heterocycles. The molecule has 1 atom stereocenters. The molecular weight excluding hydrogens is 228 g/mol. The third-order valence-corrected chi connectivity index (χ3v) is 3.10. The minimum absolute atomic E-state index is 0.00592. The highest BCUT2D eigenvalue weighted by Crippen LogP contribution is 2.19. The van der Waals surface area contributed by atoms with Crippen LogP contribution in [0.3, 0.4) is 0 Å². The molecule has 0 saturated heterocycles. The molecule has 1 amide bonds. The molecule has 18 heavy (non-hydrogen) atoms. The van der Waals surface area contributed by atoms with Crippen molar-refractivity contribution in [2.45, 2.75) is 31.8 Å². The van der Waals surface area contributed by atoms with Crippen LogP contribution in [-0.4, -0.2) is 25.6 Å². The van der Waals surface area contributed by atoms with E-state index < -0.39 is 0 Å². The van der Waals surface area contributed by atoms with E-state index in [4.69, 9.17) is 4.74 Å². The monoisotopic (exact) mass is 248 g/mol. The predicted molar refractivity (Wildman–Crippen MR) is 70.6 cm³/mol. The fourth-order valence-corrected chi connectivity index (χ4v) is 1.81. The van der Waals surface area contributed by atoms with E-state index in [9.17, 15) is 4.79 Å². The molecule has 0 bridgehead atoms. The topological polar surface area (TPSA) is 50.4 Å². The van der Waals surface area contributed by atoms with Gasteiger partial charge in [0.05, 0.1) is 19.7 Å². The van der Waals surface area contributed by atoms with Gasteiger partial charge in [-0.05, 0) is 37.5 Å². The van der Waals surface area contributed by atoms with E-state index in [1.165, 1.54) is 12.8 Å². The summed E-state index contributed by atoms with van der Waals surface area (Å²) in [4.78, 5) is 11.7. The molecule has 4 heteroatoms. The molecule has 0 aliphatic heterocycles. The molecule has 1 aromatic rings. The first kappa shape index (κ1) is 12.9. The fourth-order valence-electron chi connectivity index (χ4n) is 1.81. The van der Waals surface area contributed by atoms with Gasteiger partial charge in [0.25, 0.3) is 0 Å². The van der Waals surface area contributed by atoms with E-state index in [2.05, 4.69) is 10.6 Å². The van der Waals surface area contributed by atoms with Crippen molar-refractivity contribution in [1.29, 1.82) is 0 Å². The normalized spacial score (nSPS) is 16.1. The quantitative estimate of drug-likeness (QED) is 0.804. The third kappa shape index (κ3) is 3.74. The molecule has 1 aromatic carbocycles. The van der Waals surface area contributed by atoms with Crippen molar-refractivity contribution in [2.24, 2.45) is 0 Å². The standard InChI is InChI=1S/C14H20N2O2/c1-10(11-4-3-5-13(8-11)18-2)16-14(17)9-15-12-6-7-12/h3-5,8,10,12,15H,6-7,9H2,1-2H3,(H,16,17)/t10-/m0/s1. The van der Waals surface area contributed by atoms with Gasteiger partial charge in [0.15, 0.2) is 0 Å². The summed E-state index contributed by atoms with van der Waals surface area (Å²) in [6, 6.07) is 8.31. The lowest BCUT2D eigenvalue weighted by atomic mass is 10.1. The Bertz CT molecular complexity index is 416. The SMILES string of the molecule is COc1cccc([C@H](C)NC(=O)CNC2CC2)c1. The maximum absolute atomic E-state index is 11.7. The summed E-state index contributed by atoms with van der Waals surface area (Å²) in [6.45, 7) is 2.38. The number of carbonyl (C=O) groups is 1. The van der Waals surface area contributed by atoms with Gasteiger partial charge in [0, 0.05) is 6.04 Å². The summed E-state index contributed by atoms with van der Waals surface area (Å²) in [5.41, 5.74) is 1.05. The molecule has 1 saturated carbocycles. The molecule has 1 aliphatic carbocycles. The Labute approximate surface area is 108 Å². The average molecular weight is 248 g/mol. The van der Waals surface area contributed by atoms with Gasteiger partial charge in [-0.3, -0.25) is 4.79 Å². The van der Waals surface area contributed by atoms with Crippen LogP contribution in [-0.2, 0) is 4.79 Å². The summed E-state index contributed by atoms with van der Waals surface area (Å²) >= 11 is 0. The molecule has 0 heterocycles. The zero-order valence-electron chi connectivity index (χ0n) is 10.9. The second-order valence-electron chi connectivity index (χ2n) is 4.72. The van der Waals surface area contributed by atoms with Crippen molar-refractivity contribution in [3.63, 3.8) is 0 Å². The summed E-state index contributed by atoms with van der Waals surface area (Å²) in [5.74, 6) is 0.849. The average Bonchev–Trinajstić information content (AvgIpc) is 3.20. The molecule has 2 N–H and O–H groups in total. The number of nitrogens with one attached hydrogen (secondary N) is 2. The van der Waals surface area contributed by atoms with Crippen LogP contribution < -0.4 is 15.4 Å². The van der Waals surface area contributed by atoms with E-state index in [0.717, 1.165) is 11.3 Å². The van der Waals surface area contributed by atoms with Crippen LogP contribution in [0, 0.1) is 0 Å². The number of ether oxygens (including phenoxy) is 1. The highest BCUT2D eigenvalue weighted by atomic mass is 16.5. The number of benzene rings is 1. The number of amides is 1. The van der Waals surface area contributed by atoms with Crippen LogP contribution in [0.25, 0.3) is 0 Å². The lowest BCUT2D eigenvalue weighted by Gasteiger charge is -2.15. The van der Waals surface area contributed by atoms with Crippen LogP contribution >= 0.6 is 0 Å². The van der Waals surface area contributed by atoms with Crippen molar-refractivity contribution in [2.75, 3.05) is 13.7 Å². The highest BCUT2D eigenvalue weighted by Gasteiger charge is 2.21. The molecule has 0 radical (unpaired) electrons. The second kappa shape index (κ2) is 5.87. The first-order valence-corrected chi connectivity index (χ1v) is 6.35. The smallest absolute Gasteiger partial charge is 0.234 e. The predicted octanol–water partition coefficient (Wildman–Crippen LogP) is 1.62. The van der Waals surface area contributed by atoms with Crippen LogP contribution in [0.2, 0.25) is 0 Å². The van der Waals surface area contributed by atoms with Crippen LogP contribution in [0.5, 0.6) is 5.75 Å². The summed E-state index contributed by atoms with van der Waals surface area (Å²) < 4.78 is 5.17. The number of rotatable bonds is 6. The fraction of sp³-hybridized carbons (Fsp3) is 0.500. The van der Waals surface area contributed by atoms with E-state index in [-0.39, 0.29) is 11.9 Å². The molecule has 4 nitrogen and oxygen atoms in total. The first-order valence-electron chi connectivity index (χ1n) is 6.35. The van der Waals surface area contributed by atoms with Gasteiger partial charge >= 0.3 is 0 Å². The van der Waals surface area contributed by atoms with Gasteiger partial charge in [0.1, 0.15) is 5.75 Å². The zero-order valence-corrected chi connectivity index (χ0v) is 10.9.